The van der Waals surface area contributed by atoms with Crippen molar-refractivity contribution in [3.63, 3.8) is 0 Å². The van der Waals surface area contributed by atoms with E-state index in [-0.39, 0.29) is 5.82 Å². The van der Waals surface area contributed by atoms with Gasteiger partial charge < -0.3 is 5.73 Å². The number of anilines is 1. The molecule has 0 unspecified atom stereocenters. The van der Waals surface area contributed by atoms with Crippen LogP contribution in [0.3, 0.4) is 0 Å². The topological polar surface area (TPSA) is 51.8 Å². The Balaban J connectivity index is 2.16. The van der Waals surface area contributed by atoms with Crippen LogP contribution in [0.4, 0.5) is 10.2 Å². The van der Waals surface area contributed by atoms with Crippen LogP contribution in [0.15, 0.2) is 42.6 Å². The van der Waals surface area contributed by atoms with Gasteiger partial charge in [-0.15, -0.1) is 11.3 Å². The van der Waals surface area contributed by atoms with Crippen molar-refractivity contribution in [1.29, 1.82) is 0 Å². The first-order chi connectivity index (χ1) is 10.2. The molecular weight excluding hydrogens is 285 g/mol. The third-order valence-electron chi connectivity index (χ3n) is 3.13. The van der Waals surface area contributed by atoms with Crippen LogP contribution in [0.1, 0.15) is 11.9 Å². The summed E-state index contributed by atoms with van der Waals surface area (Å²) in [6.45, 7) is 2.07. The van der Waals surface area contributed by atoms with Gasteiger partial charge in [0.15, 0.2) is 0 Å². The van der Waals surface area contributed by atoms with Crippen molar-refractivity contribution in [3.05, 3.63) is 53.4 Å². The molecule has 2 aromatic heterocycles. The summed E-state index contributed by atoms with van der Waals surface area (Å²) in [6.07, 6.45) is 2.55. The number of aromatic nitrogens is 2. The quantitative estimate of drug-likeness (QED) is 0.790. The van der Waals surface area contributed by atoms with E-state index in [2.05, 4.69) is 16.9 Å². The zero-order valence-corrected chi connectivity index (χ0v) is 12.3. The molecule has 2 N–H and O–H groups in total. The number of hydrogen-bond acceptors (Lipinski definition) is 4. The molecule has 0 saturated carbocycles. The van der Waals surface area contributed by atoms with Crippen molar-refractivity contribution >= 4 is 17.2 Å². The Morgan fingerprint density at radius 2 is 1.90 bits per heavy atom. The Labute approximate surface area is 126 Å². The maximum absolute atomic E-state index is 13.1. The Kier molecular flexibility index (Phi) is 3.66. The first-order valence-corrected chi connectivity index (χ1v) is 7.46. The highest BCUT2D eigenvalue weighted by Crippen LogP contribution is 2.37. The monoisotopic (exact) mass is 299 g/mol. The van der Waals surface area contributed by atoms with Gasteiger partial charge in [-0.05, 0) is 48.4 Å². The van der Waals surface area contributed by atoms with Crippen LogP contribution in [-0.2, 0) is 6.42 Å². The zero-order chi connectivity index (χ0) is 14.8. The molecule has 106 valence electrons. The molecule has 0 fully saturated rings. The highest BCUT2D eigenvalue weighted by molar-refractivity contribution is 7.15. The lowest BCUT2D eigenvalue weighted by Crippen LogP contribution is -1.89. The summed E-state index contributed by atoms with van der Waals surface area (Å²) >= 11 is 1.63. The molecule has 0 bridgehead atoms. The summed E-state index contributed by atoms with van der Waals surface area (Å²) < 4.78 is 13.1. The van der Waals surface area contributed by atoms with E-state index in [1.165, 1.54) is 12.1 Å². The number of thiazole rings is 1. The molecule has 3 rings (SSSR count). The molecule has 3 nitrogen and oxygen atoms in total. The number of nitrogens with zero attached hydrogens (tertiary/aromatic N) is 2. The van der Waals surface area contributed by atoms with E-state index in [1.54, 1.807) is 29.7 Å². The molecular formula is C16H14FN3S. The van der Waals surface area contributed by atoms with Gasteiger partial charge in [-0.1, -0.05) is 6.92 Å². The summed E-state index contributed by atoms with van der Waals surface area (Å²) in [6, 6.07) is 10.1. The lowest BCUT2D eigenvalue weighted by molar-refractivity contribution is 0.628. The molecule has 0 amide bonds. The molecule has 21 heavy (non-hydrogen) atoms. The molecule has 0 radical (unpaired) electrons. The molecule has 2 heterocycles. The van der Waals surface area contributed by atoms with Crippen LogP contribution >= 0.6 is 11.3 Å². The number of hydrogen-bond donors (Lipinski definition) is 1. The summed E-state index contributed by atoms with van der Waals surface area (Å²) in [4.78, 5) is 9.72. The molecule has 0 aliphatic carbocycles. The Bertz CT molecular complexity index is 765. The van der Waals surface area contributed by atoms with Gasteiger partial charge in [0.25, 0.3) is 0 Å². The fourth-order valence-electron chi connectivity index (χ4n) is 2.10. The number of nitrogen functional groups attached to an aromatic ring is 1. The number of nitrogens with two attached hydrogens (primary N) is 1. The van der Waals surface area contributed by atoms with E-state index in [4.69, 9.17) is 5.73 Å². The van der Waals surface area contributed by atoms with Crippen LogP contribution in [0.2, 0.25) is 0 Å². The van der Waals surface area contributed by atoms with Crippen LogP contribution < -0.4 is 5.73 Å². The summed E-state index contributed by atoms with van der Waals surface area (Å²) in [5.41, 5.74) is 8.52. The van der Waals surface area contributed by atoms with E-state index in [9.17, 15) is 4.39 Å². The molecule has 0 aliphatic heterocycles. The first-order valence-electron chi connectivity index (χ1n) is 6.65. The Morgan fingerprint density at radius 3 is 2.57 bits per heavy atom. The molecule has 0 aliphatic rings. The Hall–Kier alpha value is -2.27. The second-order valence-corrected chi connectivity index (χ2v) is 5.70. The maximum Gasteiger partial charge on any atom is 0.123 e. The minimum absolute atomic E-state index is 0.251. The molecule has 5 heteroatoms. The summed E-state index contributed by atoms with van der Waals surface area (Å²) in [5, 5.41) is 1.04. The van der Waals surface area contributed by atoms with Gasteiger partial charge in [-0.2, -0.15) is 0 Å². The third-order valence-corrected chi connectivity index (χ3v) is 4.38. The predicted octanol–water partition coefficient (Wildman–Crippen LogP) is 4.16. The number of aryl methyl sites for hydroxylation is 1. The average Bonchev–Trinajstić information content (AvgIpc) is 2.92. The van der Waals surface area contributed by atoms with Crippen molar-refractivity contribution in [1.82, 2.24) is 9.97 Å². The fourth-order valence-corrected chi connectivity index (χ4v) is 3.13. The van der Waals surface area contributed by atoms with Crippen LogP contribution in [-0.4, -0.2) is 9.97 Å². The molecule has 0 atom stereocenters. The lowest BCUT2D eigenvalue weighted by Gasteiger charge is -2.03. The predicted molar refractivity (Wildman–Crippen MR) is 84.5 cm³/mol. The van der Waals surface area contributed by atoms with Crippen LogP contribution in [0.5, 0.6) is 0 Å². The van der Waals surface area contributed by atoms with Crippen LogP contribution in [0, 0.1) is 5.82 Å². The largest absolute Gasteiger partial charge is 0.384 e. The van der Waals surface area contributed by atoms with Gasteiger partial charge in [0.05, 0.1) is 15.6 Å². The van der Waals surface area contributed by atoms with E-state index < -0.39 is 0 Å². The van der Waals surface area contributed by atoms with Gasteiger partial charge in [0.1, 0.15) is 11.6 Å². The van der Waals surface area contributed by atoms with Crippen molar-refractivity contribution in [3.8, 4) is 21.7 Å². The second kappa shape index (κ2) is 5.61. The fraction of sp³-hybridized carbons (Fsp3) is 0.125. The van der Waals surface area contributed by atoms with E-state index in [1.807, 2.05) is 12.1 Å². The standard InChI is InChI=1S/C16H14FN3S/c1-2-14-20-15(10-3-5-12(17)6-4-10)16(21-14)11-7-8-19-13(18)9-11/h3-9H,2H2,1H3,(H2,18,19). The number of rotatable bonds is 3. The van der Waals surface area contributed by atoms with Gasteiger partial charge in [-0.3, -0.25) is 0 Å². The lowest BCUT2D eigenvalue weighted by atomic mass is 10.1. The van der Waals surface area contributed by atoms with Gasteiger partial charge >= 0.3 is 0 Å². The minimum atomic E-state index is -0.251. The minimum Gasteiger partial charge on any atom is -0.384 e. The van der Waals surface area contributed by atoms with Crippen molar-refractivity contribution in [2.75, 3.05) is 5.73 Å². The maximum atomic E-state index is 13.1. The van der Waals surface area contributed by atoms with E-state index >= 15 is 0 Å². The molecule has 3 aromatic rings. The van der Waals surface area contributed by atoms with Gasteiger partial charge in [0.2, 0.25) is 0 Å². The summed E-state index contributed by atoms with van der Waals surface area (Å²) in [7, 11) is 0. The first kappa shape index (κ1) is 13.7. The molecule has 1 aromatic carbocycles. The zero-order valence-electron chi connectivity index (χ0n) is 11.5. The van der Waals surface area contributed by atoms with Gasteiger partial charge in [-0.25, -0.2) is 14.4 Å². The summed E-state index contributed by atoms with van der Waals surface area (Å²) in [5.74, 6) is 0.225. The number of pyridine rings is 1. The third kappa shape index (κ3) is 2.78. The average molecular weight is 299 g/mol. The molecule has 0 saturated heterocycles. The smallest absolute Gasteiger partial charge is 0.123 e. The SMILES string of the molecule is CCc1nc(-c2ccc(F)cc2)c(-c2ccnc(N)c2)s1. The number of benzene rings is 1. The normalized spacial score (nSPS) is 10.8. The number of halogens is 1. The van der Waals surface area contributed by atoms with Crippen molar-refractivity contribution in [2.24, 2.45) is 0 Å². The Morgan fingerprint density at radius 1 is 1.14 bits per heavy atom. The van der Waals surface area contributed by atoms with E-state index in [0.29, 0.717) is 5.82 Å². The van der Waals surface area contributed by atoms with Gasteiger partial charge in [0, 0.05) is 11.8 Å². The van der Waals surface area contributed by atoms with E-state index in [0.717, 1.165) is 33.1 Å². The molecule has 0 spiro atoms. The van der Waals surface area contributed by atoms with Crippen molar-refractivity contribution < 1.29 is 4.39 Å². The second-order valence-electron chi connectivity index (χ2n) is 4.62. The highest BCUT2D eigenvalue weighted by Gasteiger charge is 2.14. The highest BCUT2D eigenvalue weighted by atomic mass is 32.1. The van der Waals surface area contributed by atoms with Crippen LogP contribution in [0.25, 0.3) is 21.7 Å². The van der Waals surface area contributed by atoms with Crippen molar-refractivity contribution in [2.45, 2.75) is 13.3 Å².